The molecule has 0 fully saturated rings. The summed E-state index contributed by atoms with van der Waals surface area (Å²) in [5, 5.41) is 9.86. The lowest BCUT2D eigenvalue weighted by Crippen LogP contribution is -2.19. The van der Waals surface area contributed by atoms with Gasteiger partial charge in [0.25, 0.3) is 0 Å². The van der Waals surface area contributed by atoms with Crippen LogP contribution in [-0.4, -0.2) is 22.5 Å². The summed E-state index contributed by atoms with van der Waals surface area (Å²) < 4.78 is 5.14. The van der Waals surface area contributed by atoms with Crippen LogP contribution in [0, 0.1) is 0 Å². The van der Waals surface area contributed by atoms with Gasteiger partial charge in [-0.25, -0.2) is 4.79 Å². The number of halogens is 1. The van der Waals surface area contributed by atoms with Crippen LogP contribution < -0.4 is 0 Å². The first-order valence-corrected chi connectivity index (χ1v) is 8.10. The van der Waals surface area contributed by atoms with E-state index in [0.717, 1.165) is 12.8 Å². The van der Waals surface area contributed by atoms with Crippen LogP contribution in [0.1, 0.15) is 50.7 Å². The molecule has 1 aromatic rings. The average Bonchev–Trinajstić information content (AvgIpc) is 2.49. The van der Waals surface area contributed by atoms with E-state index in [9.17, 15) is 9.90 Å². The summed E-state index contributed by atoms with van der Waals surface area (Å²) in [7, 11) is 0. The maximum Gasteiger partial charge on any atom is 0.339 e. The summed E-state index contributed by atoms with van der Waals surface area (Å²) in [6.45, 7) is 2.48. The Morgan fingerprint density at radius 1 is 1.25 bits per heavy atom. The smallest absolute Gasteiger partial charge is 0.339 e. The lowest BCUT2D eigenvalue weighted by atomic mass is 10.1. The molecule has 0 saturated carbocycles. The summed E-state index contributed by atoms with van der Waals surface area (Å²) in [5.41, 5.74) is 0.562. The molecule has 0 aliphatic rings. The zero-order valence-electron chi connectivity index (χ0n) is 11.9. The van der Waals surface area contributed by atoms with Gasteiger partial charge in [-0.3, -0.25) is 0 Å². The Balaban J connectivity index is 2.25. The van der Waals surface area contributed by atoms with Gasteiger partial charge < -0.3 is 9.84 Å². The minimum atomic E-state index is -1.20. The quantitative estimate of drug-likeness (QED) is 0.419. The second-order valence-electron chi connectivity index (χ2n) is 4.89. The van der Waals surface area contributed by atoms with Gasteiger partial charge >= 0.3 is 5.97 Å². The van der Waals surface area contributed by atoms with Crippen LogP contribution in [0.3, 0.4) is 0 Å². The van der Waals surface area contributed by atoms with E-state index >= 15 is 0 Å². The lowest BCUT2D eigenvalue weighted by molar-refractivity contribution is -0.153. The molecule has 4 heteroatoms. The van der Waals surface area contributed by atoms with Crippen molar-refractivity contribution in [3.63, 3.8) is 0 Å². The highest BCUT2D eigenvalue weighted by atomic mass is 79.9. The third-order valence-corrected chi connectivity index (χ3v) is 3.84. The van der Waals surface area contributed by atoms with E-state index in [2.05, 4.69) is 22.9 Å². The fourth-order valence-corrected chi connectivity index (χ4v) is 2.35. The predicted octanol–water partition coefficient (Wildman–Crippen LogP) is 4.00. The second-order valence-corrected chi connectivity index (χ2v) is 6.18. The number of carbonyl (C=O) groups excluding carboxylic acids is 1. The fraction of sp³-hybridized carbons (Fsp3) is 0.562. The molecule has 3 nitrogen and oxygen atoms in total. The zero-order valence-corrected chi connectivity index (χ0v) is 13.5. The molecule has 0 amide bonds. The van der Waals surface area contributed by atoms with Gasteiger partial charge in [0.15, 0.2) is 6.10 Å². The Bertz CT molecular complexity index is 381. The number of esters is 1. The van der Waals surface area contributed by atoms with E-state index < -0.39 is 12.1 Å². The van der Waals surface area contributed by atoms with Gasteiger partial charge in [-0.1, -0.05) is 78.9 Å². The van der Waals surface area contributed by atoms with E-state index in [1.807, 2.05) is 6.07 Å². The van der Waals surface area contributed by atoms with Crippen molar-refractivity contribution in [1.82, 2.24) is 0 Å². The van der Waals surface area contributed by atoms with Crippen LogP contribution in [0.2, 0.25) is 0 Å². The summed E-state index contributed by atoms with van der Waals surface area (Å²) in [6, 6.07) is 8.83. The molecule has 20 heavy (non-hydrogen) atoms. The third kappa shape index (κ3) is 6.53. The molecule has 112 valence electrons. The highest BCUT2D eigenvalue weighted by molar-refractivity contribution is 9.09. The van der Waals surface area contributed by atoms with Gasteiger partial charge in [-0.2, -0.15) is 0 Å². The number of aliphatic hydroxyl groups excluding tert-OH is 1. The van der Waals surface area contributed by atoms with Crippen LogP contribution in [0.25, 0.3) is 0 Å². The summed E-state index contributed by atoms with van der Waals surface area (Å²) in [5.74, 6) is -0.589. The first-order chi connectivity index (χ1) is 9.65. The van der Waals surface area contributed by atoms with Crippen LogP contribution in [0.15, 0.2) is 30.3 Å². The molecule has 2 atom stereocenters. The van der Waals surface area contributed by atoms with Crippen LogP contribution in [0.5, 0.6) is 0 Å². The minimum absolute atomic E-state index is 0.159. The highest BCUT2D eigenvalue weighted by Crippen LogP contribution is 2.16. The molecule has 0 radical (unpaired) electrons. The number of hydrogen-bond acceptors (Lipinski definition) is 3. The predicted molar refractivity (Wildman–Crippen MR) is 83.8 cm³/mol. The third-order valence-electron chi connectivity index (χ3n) is 3.12. The zero-order chi connectivity index (χ0) is 14.8. The van der Waals surface area contributed by atoms with E-state index in [-0.39, 0.29) is 4.83 Å². The molecule has 0 bridgehead atoms. The van der Waals surface area contributed by atoms with Gasteiger partial charge in [0.2, 0.25) is 0 Å². The molecule has 0 heterocycles. The monoisotopic (exact) mass is 342 g/mol. The SMILES string of the molecule is CCCCCCC(Br)COC(=O)[C@@H](O)c1ccccc1. The highest BCUT2D eigenvalue weighted by Gasteiger charge is 2.19. The Labute approximate surface area is 129 Å². The van der Waals surface area contributed by atoms with Crippen LogP contribution >= 0.6 is 15.9 Å². The van der Waals surface area contributed by atoms with Gasteiger partial charge in [-0.15, -0.1) is 0 Å². The minimum Gasteiger partial charge on any atom is -0.462 e. The molecule has 0 aromatic heterocycles. The maximum absolute atomic E-state index is 11.7. The number of unbranched alkanes of at least 4 members (excludes halogenated alkanes) is 3. The maximum atomic E-state index is 11.7. The molecule has 0 aliphatic carbocycles. The van der Waals surface area contributed by atoms with Crippen molar-refractivity contribution in [3.8, 4) is 0 Å². The number of alkyl halides is 1. The molecule has 0 aliphatic heterocycles. The van der Waals surface area contributed by atoms with Crippen molar-refractivity contribution in [2.45, 2.75) is 50.0 Å². The largest absolute Gasteiger partial charge is 0.462 e. The number of rotatable bonds is 9. The molecule has 0 spiro atoms. The Morgan fingerprint density at radius 3 is 2.60 bits per heavy atom. The van der Waals surface area contributed by atoms with Crippen molar-refractivity contribution < 1.29 is 14.6 Å². The second kappa shape index (κ2) is 9.94. The van der Waals surface area contributed by atoms with Crippen molar-refractivity contribution in [2.75, 3.05) is 6.61 Å². The van der Waals surface area contributed by atoms with Crippen LogP contribution in [-0.2, 0) is 9.53 Å². The standard InChI is InChI=1S/C16H23BrO3/c1-2-3-4-8-11-14(17)12-20-16(19)15(18)13-9-6-5-7-10-13/h5-7,9-10,14-15,18H,2-4,8,11-12H2,1H3/t14?,15-/m0/s1. The van der Waals surface area contributed by atoms with E-state index in [1.54, 1.807) is 24.3 Å². The fourth-order valence-electron chi connectivity index (χ4n) is 1.90. The van der Waals surface area contributed by atoms with Crippen molar-refractivity contribution in [3.05, 3.63) is 35.9 Å². The van der Waals surface area contributed by atoms with Gasteiger partial charge in [0.05, 0.1) is 0 Å². The molecular formula is C16H23BrO3. The lowest BCUT2D eigenvalue weighted by Gasteiger charge is -2.13. The van der Waals surface area contributed by atoms with Gasteiger partial charge in [0.1, 0.15) is 6.61 Å². The molecular weight excluding hydrogens is 320 g/mol. The number of hydrogen-bond donors (Lipinski definition) is 1. The number of benzene rings is 1. The van der Waals surface area contributed by atoms with E-state index in [4.69, 9.17) is 4.74 Å². The summed E-state index contributed by atoms with van der Waals surface area (Å²) >= 11 is 3.51. The molecule has 1 N–H and O–H groups in total. The first kappa shape index (κ1) is 17.2. The average molecular weight is 343 g/mol. The molecule has 1 aromatic carbocycles. The van der Waals surface area contributed by atoms with Crippen molar-refractivity contribution in [2.24, 2.45) is 0 Å². The van der Waals surface area contributed by atoms with E-state index in [0.29, 0.717) is 12.2 Å². The number of ether oxygens (including phenoxy) is 1. The Morgan fingerprint density at radius 2 is 1.95 bits per heavy atom. The first-order valence-electron chi connectivity index (χ1n) is 7.18. The molecule has 1 unspecified atom stereocenters. The molecule has 1 rings (SSSR count). The van der Waals surface area contributed by atoms with Crippen molar-refractivity contribution >= 4 is 21.9 Å². The number of carbonyl (C=O) groups is 1. The normalized spacial score (nSPS) is 13.8. The van der Waals surface area contributed by atoms with Crippen LogP contribution in [0.4, 0.5) is 0 Å². The topological polar surface area (TPSA) is 46.5 Å². The Hall–Kier alpha value is -0.870. The van der Waals surface area contributed by atoms with Gasteiger partial charge in [0, 0.05) is 4.83 Å². The summed E-state index contributed by atoms with van der Waals surface area (Å²) in [6.07, 6.45) is 4.57. The molecule has 0 saturated heterocycles. The summed E-state index contributed by atoms with van der Waals surface area (Å²) in [4.78, 5) is 11.9. The van der Waals surface area contributed by atoms with Crippen molar-refractivity contribution in [1.29, 1.82) is 0 Å². The van der Waals surface area contributed by atoms with Gasteiger partial charge in [-0.05, 0) is 12.0 Å². The Kier molecular flexibility index (Phi) is 8.54. The van der Waals surface area contributed by atoms with E-state index in [1.165, 1.54) is 19.3 Å². The number of aliphatic hydroxyl groups is 1.